The largest absolute Gasteiger partial charge is 0.480 e. The molecule has 1 heterocycles. The van der Waals surface area contributed by atoms with Crippen LogP contribution in [-0.2, 0) is 4.79 Å². The SMILES string of the molecule is NC(C(=O)O)c1ccc2n[nH]c(Cl)c2c1. The Morgan fingerprint density at radius 3 is 3.00 bits per heavy atom. The number of aromatic amines is 1. The molecule has 2 aromatic rings. The number of nitrogens with two attached hydrogens (primary N) is 1. The molecule has 1 unspecified atom stereocenters. The maximum Gasteiger partial charge on any atom is 0.325 e. The third-order valence-corrected chi connectivity index (χ3v) is 2.44. The first-order chi connectivity index (χ1) is 7.09. The average molecular weight is 226 g/mol. The van der Waals surface area contributed by atoms with E-state index in [1.165, 1.54) is 0 Å². The monoisotopic (exact) mass is 225 g/mol. The molecule has 6 heteroatoms. The third kappa shape index (κ3) is 1.67. The molecule has 0 aliphatic heterocycles. The second-order valence-corrected chi connectivity index (χ2v) is 3.51. The van der Waals surface area contributed by atoms with Crippen LogP contribution in [0.2, 0.25) is 5.15 Å². The number of hydrogen-bond donors (Lipinski definition) is 3. The average Bonchev–Trinajstić information content (AvgIpc) is 2.59. The Morgan fingerprint density at radius 1 is 1.60 bits per heavy atom. The quantitative estimate of drug-likeness (QED) is 0.718. The van der Waals surface area contributed by atoms with Crippen LogP contribution in [0.5, 0.6) is 0 Å². The Hall–Kier alpha value is -1.59. The first-order valence-electron chi connectivity index (χ1n) is 4.21. The van der Waals surface area contributed by atoms with Crippen molar-refractivity contribution in [3.05, 3.63) is 28.9 Å². The van der Waals surface area contributed by atoms with Crippen LogP contribution < -0.4 is 5.73 Å². The highest BCUT2D eigenvalue weighted by Gasteiger charge is 2.15. The summed E-state index contributed by atoms with van der Waals surface area (Å²) >= 11 is 5.82. The van der Waals surface area contributed by atoms with Gasteiger partial charge in [-0.2, -0.15) is 5.10 Å². The molecule has 1 aromatic heterocycles. The molecule has 1 aromatic carbocycles. The minimum Gasteiger partial charge on any atom is -0.480 e. The van der Waals surface area contributed by atoms with Gasteiger partial charge in [0.1, 0.15) is 11.2 Å². The van der Waals surface area contributed by atoms with Crippen molar-refractivity contribution < 1.29 is 9.90 Å². The van der Waals surface area contributed by atoms with E-state index < -0.39 is 12.0 Å². The van der Waals surface area contributed by atoms with Crippen LogP contribution in [0, 0.1) is 0 Å². The number of aromatic nitrogens is 2. The van der Waals surface area contributed by atoms with Gasteiger partial charge in [-0.1, -0.05) is 17.7 Å². The lowest BCUT2D eigenvalue weighted by Gasteiger charge is -2.05. The van der Waals surface area contributed by atoms with Crippen molar-refractivity contribution in [1.29, 1.82) is 0 Å². The normalized spacial score (nSPS) is 12.9. The molecule has 0 fully saturated rings. The number of H-pyrrole nitrogens is 1. The zero-order valence-corrected chi connectivity index (χ0v) is 8.32. The summed E-state index contributed by atoms with van der Waals surface area (Å²) in [6, 6.07) is 3.88. The summed E-state index contributed by atoms with van der Waals surface area (Å²) in [5.41, 5.74) is 6.65. The minimum absolute atomic E-state index is 0.379. The predicted octanol–water partition coefficient (Wildman–Crippen LogP) is 1.30. The Kier molecular flexibility index (Phi) is 2.34. The van der Waals surface area contributed by atoms with Crippen LogP contribution in [-0.4, -0.2) is 21.3 Å². The fourth-order valence-corrected chi connectivity index (χ4v) is 1.53. The van der Waals surface area contributed by atoms with E-state index in [1.54, 1.807) is 18.2 Å². The van der Waals surface area contributed by atoms with E-state index in [2.05, 4.69) is 10.2 Å². The van der Waals surface area contributed by atoms with Crippen LogP contribution in [0.15, 0.2) is 18.2 Å². The van der Waals surface area contributed by atoms with Gasteiger partial charge in [-0.15, -0.1) is 0 Å². The van der Waals surface area contributed by atoms with Crippen molar-refractivity contribution in [3.63, 3.8) is 0 Å². The lowest BCUT2D eigenvalue weighted by atomic mass is 10.1. The summed E-state index contributed by atoms with van der Waals surface area (Å²) in [6.07, 6.45) is 0. The second-order valence-electron chi connectivity index (χ2n) is 3.13. The molecule has 0 bridgehead atoms. The number of carboxylic acids is 1. The van der Waals surface area contributed by atoms with Crippen molar-refractivity contribution in [2.45, 2.75) is 6.04 Å². The summed E-state index contributed by atoms with van der Waals surface area (Å²) in [5, 5.41) is 16.3. The summed E-state index contributed by atoms with van der Waals surface area (Å²) in [4.78, 5) is 10.7. The highest BCUT2D eigenvalue weighted by molar-refractivity contribution is 6.34. The van der Waals surface area contributed by atoms with E-state index in [4.69, 9.17) is 22.4 Å². The Balaban J connectivity index is 2.54. The Morgan fingerprint density at radius 2 is 2.33 bits per heavy atom. The highest BCUT2D eigenvalue weighted by atomic mass is 35.5. The summed E-state index contributed by atoms with van der Waals surface area (Å²) in [7, 11) is 0. The molecule has 0 radical (unpaired) electrons. The molecular weight excluding hydrogens is 218 g/mol. The van der Waals surface area contributed by atoms with Gasteiger partial charge in [-0.05, 0) is 17.7 Å². The maximum absolute atomic E-state index is 10.7. The number of aliphatic carboxylic acids is 1. The number of carboxylic acid groups (broad SMARTS) is 1. The molecular formula is C9H8ClN3O2. The lowest BCUT2D eigenvalue weighted by Crippen LogP contribution is -2.20. The van der Waals surface area contributed by atoms with E-state index in [0.29, 0.717) is 21.6 Å². The van der Waals surface area contributed by atoms with Crippen LogP contribution in [0.1, 0.15) is 11.6 Å². The number of halogens is 1. The number of rotatable bonds is 2. The van der Waals surface area contributed by atoms with Gasteiger partial charge in [0.05, 0.1) is 5.52 Å². The topological polar surface area (TPSA) is 92.0 Å². The fraction of sp³-hybridized carbons (Fsp3) is 0.111. The lowest BCUT2D eigenvalue weighted by molar-refractivity contribution is -0.138. The second kappa shape index (κ2) is 3.52. The van der Waals surface area contributed by atoms with Gasteiger partial charge in [0.2, 0.25) is 0 Å². The van der Waals surface area contributed by atoms with Crippen LogP contribution in [0.4, 0.5) is 0 Å². The van der Waals surface area contributed by atoms with Gasteiger partial charge in [-0.3, -0.25) is 9.89 Å². The zero-order valence-electron chi connectivity index (χ0n) is 7.57. The van der Waals surface area contributed by atoms with Crippen molar-refractivity contribution in [2.75, 3.05) is 0 Å². The molecule has 78 valence electrons. The number of fused-ring (bicyclic) bond motifs is 1. The number of carbonyl (C=O) groups is 1. The molecule has 0 saturated heterocycles. The standard InChI is InChI=1S/C9H8ClN3O2/c10-8-5-3-4(7(11)9(14)15)1-2-6(5)12-13-8/h1-3,7H,11H2,(H,12,13)(H,14,15). The first-order valence-corrected chi connectivity index (χ1v) is 4.59. The Bertz CT molecular complexity index is 523. The Labute approximate surface area is 89.8 Å². The number of nitrogens with one attached hydrogen (secondary N) is 1. The van der Waals surface area contributed by atoms with Crippen molar-refractivity contribution in [1.82, 2.24) is 10.2 Å². The van der Waals surface area contributed by atoms with Gasteiger partial charge in [0.25, 0.3) is 0 Å². The van der Waals surface area contributed by atoms with Crippen molar-refractivity contribution >= 4 is 28.5 Å². The highest BCUT2D eigenvalue weighted by Crippen LogP contribution is 2.23. The molecule has 4 N–H and O–H groups in total. The van der Waals surface area contributed by atoms with E-state index in [9.17, 15) is 4.79 Å². The maximum atomic E-state index is 10.7. The molecule has 0 aliphatic rings. The van der Waals surface area contributed by atoms with E-state index in [-0.39, 0.29) is 0 Å². The van der Waals surface area contributed by atoms with Crippen LogP contribution in [0.25, 0.3) is 10.9 Å². The molecule has 15 heavy (non-hydrogen) atoms. The summed E-state index contributed by atoms with van der Waals surface area (Å²) in [5.74, 6) is -1.08. The van der Waals surface area contributed by atoms with Gasteiger partial charge in [-0.25, -0.2) is 0 Å². The van der Waals surface area contributed by atoms with Crippen LogP contribution in [0.3, 0.4) is 0 Å². The summed E-state index contributed by atoms with van der Waals surface area (Å²) in [6.45, 7) is 0. The molecule has 0 aliphatic carbocycles. The molecule has 0 spiro atoms. The number of hydrogen-bond acceptors (Lipinski definition) is 3. The minimum atomic E-state index is -1.08. The van der Waals surface area contributed by atoms with E-state index in [0.717, 1.165) is 0 Å². The summed E-state index contributed by atoms with van der Waals surface area (Å²) < 4.78 is 0. The van der Waals surface area contributed by atoms with Crippen LogP contribution >= 0.6 is 11.6 Å². The first kappa shape index (κ1) is 9.95. The van der Waals surface area contributed by atoms with Crippen molar-refractivity contribution in [3.8, 4) is 0 Å². The van der Waals surface area contributed by atoms with E-state index >= 15 is 0 Å². The zero-order chi connectivity index (χ0) is 11.0. The van der Waals surface area contributed by atoms with Gasteiger partial charge >= 0.3 is 5.97 Å². The third-order valence-electron chi connectivity index (χ3n) is 2.16. The van der Waals surface area contributed by atoms with Gasteiger partial charge < -0.3 is 10.8 Å². The molecule has 0 saturated carbocycles. The fourth-order valence-electron chi connectivity index (χ4n) is 1.33. The molecule has 5 nitrogen and oxygen atoms in total. The van der Waals surface area contributed by atoms with Crippen molar-refractivity contribution in [2.24, 2.45) is 5.73 Å². The molecule has 2 rings (SSSR count). The predicted molar refractivity (Wildman–Crippen MR) is 55.7 cm³/mol. The number of nitrogens with zero attached hydrogens (tertiary/aromatic N) is 1. The molecule has 1 atom stereocenters. The number of benzene rings is 1. The van der Waals surface area contributed by atoms with Gasteiger partial charge in [0, 0.05) is 5.39 Å². The molecule has 0 amide bonds. The van der Waals surface area contributed by atoms with E-state index in [1.807, 2.05) is 0 Å². The van der Waals surface area contributed by atoms with Gasteiger partial charge in [0.15, 0.2) is 0 Å². The smallest absolute Gasteiger partial charge is 0.325 e.